The molecule has 23 heavy (non-hydrogen) atoms. The maximum atomic E-state index is 12.4. The van der Waals surface area contributed by atoms with Gasteiger partial charge in [0.1, 0.15) is 5.69 Å². The monoisotopic (exact) mass is 321 g/mol. The van der Waals surface area contributed by atoms with Crippen LogP contribution in [-0.4, -0.2) is 64.8 Å². The van der Waals surface area contributed by atoms with Gasteiger partial charge in [-0.15, -0.1) is 5.10 Å². The summed E-state index contributed by atoms with van der Waals surface area (Å²) in [6.45, 7) is 2.78. The Labute approximate surface area is 135 Å². The Bertz CT molecular complexity index is 594. The number of nitrogens with zero attached hydrogens (tertiary/aromatic N) is 4. The van der Waals surface area contributed by atoms with Crippen molar-refractivity contribution in [3.63, 3.8) is 0 Å². The highest BCUT2D eigenvalue weighted by Crippen LogP contribution is 2.24. The maximum absolute atomic E-state index is 12.4. The summed E-state index contributed by atoms with van der Waals surface area (Å²) >= 11 is 0. The normalized spacial score (nSPS) is 20.9. The lowest BCUT2D eigenvalue weighted by Gasteiger charge is -2.20. The average molecular weight is 321 g/mol. The molecule has 0 spiro atoms. The molecule has 1 unspecified atom stereocenters. The zero-order chi connectivity index (χ0) is 16.4. The van der Waals surface area contributed by atoms with E-state index < -0.39 is 0 Å². The van der Waals surface area contributed by atoms with Crippen LogP contribution in [0.15, 0.2) is 6.20 Å². The summed E-state index contributed by atoms with van der Waals surface area (Å²) in [5.74, 6) is 0.496. The largest absolute Gasteiger partial charge is 0.478 e. The van der Waals surface area contributed by atoms with Gasteiger partial charge in [-0.25, -0.2) is 4.79 Å². The summed E-state index contributed by atoms with van der Waals surface area (Å²) in [4.78, 5) is 28.4. The SMILES string of the molecule is COc1nn(C)cc1NC(=O)N1CCC(C(=O)N2CCCC2)C1. The van der Waals surface area contributed by atoms with Gasteiger partial charge in [0.25, 0.3) is 5.88 Å². The second-order valence-electron chi connectivity index (χ2n) is 6.12. The van der Waals surface area contributed by atoms with Crippen LogP contribution < -0.4 is 10.1 Å². The second-order valence-corrected chi connectivity index (χ2v) is 6.12. The van der Waals surface area contributed by atoms with E-state index in [9.17, 15) is 9.59 Å². The quantitative estimate of drug-likeness (QED) is 0.897. The van der Waals surface area contributed by atoms with E-state index in [1.54, 1.807) is 22.8 Å². The molecule has 0 saturated carbocycles. The number of ether oxygens (including phenoxy) is 1. The molecule has 3 heterocycles. The fourth-order valence-corrected chi connectivity index (χ4v) is 3.24. The smallest absolute Gasteiger partial charge is 0.322 e. The lowest BCUT2D eigenvalue weighted by Crippen LogP contribution is -2.37. The van der Waals surface area contributed by atoms with Gasteiger partial charge in [0, 0.05) is 33.2 Å². The first-order valence-corrected chi connectivity index (χ1v) is 8.01. The van der Waals surface area contributed by atoms with Crippen LogP contribution in [0.1, 0.15) is 19.3 Å². The van der Waals surface area contributed by atoms with Crippen molar-refractivity contribution in [2.45, 2.75) is 19.3 Å². The molecule has 0 aliphatic carbocycles. The van der Waals surface area contributed by atoms with Crippen LogP contribution >= 0.6 is 0 Å². The molecule has 126 valence electrons. The van der Waals surface area contributed by atoms with Gasteiger partial charge in [-0.3, -0.25) is 9.48 Å². The Kier molecular flexibility index (Phi) is 4.40. The van der Waals surface area contributed by atoms with Crippen LogP contribution in [0.3, 0.4) is 0 Å². The minimum atomic E-state index is -0.215. The van der Waals surface area contributed by atoms with Crippen molar-refractivity contribution in [1.82, 2.24) is 19.6 Å². The molecule has 8 heteroatoms. The Balaban J connectivity index is 1.57. The van der Waals surface area contributed by atoms with Gasteiger partial charge >= 0.3 is 6.03 Å². The molecule has 2 saturated heterocycles. The highest BCUT2D eigenvalue weighted by molar-refractivity contribution is 5.91. The van der Waals surface area contributed by atoms with Gasteiger partial charge in [-0.1, -0.05) is 0 Å². The van der Waals surface area contributed by atoms with Crippen molar-refractivity contribution in [3.05, 3.63) is 6.20 Å². The standard InChI is InChI=1S/C15H23N5O3/c1-18-10-12(13(17-18)23-2)16-15(22)20-8-5-11(9-20)14(21)19-6-3-4-7-19/h10-11H,3-9H2,1-2H3,(H,16,22). The highest BCUT2D eigenvalue weighted by Gasteiger charge is 2.34. The average Bonchev–Trinajstić information content (AvgIpc) is 3.27. The number of carbonyl (C=O) groups is 2. The third kappa shape index (κ3) is 3.25. The summed E-state index contributed by atoms with van der Waals surface area (Å²) in [5.41, 5.74) is 0.536. The molecule has 2 aliphatic heterocycles. The lowest BCUT2D eigenvalue weighted by molar-refractivity contribution is -0.133. The van der Waals surface area contributed by atoms with E-state index in [2.05, 4.69) is 10.4 Å². The van der Waals surface area contributed by atoms with Gasteiger partial charge in [-0.2, -0.15) is 0 Å². The summed E-state index contributed by atoms with van der Waals surface area (Å²) in [7, 11) is 3.28. The number of methoxy groups -OCH3 is 1. The van der Waals surface area contributed by atoms with Crippen LogP contribution in [0.2, 0.25) is 0 Å². The molecule has 1 aromatic rings. The first-order valence-electron chi connectivity index (χ1n) is 8.01. The number of urea groups is 1. The molecule has 0 radical (unpaired) electrons. The molecule has 8 nitrogen and oxygen atoms in total. The fraction of sp³-hybridized carbons (Fsp3) is 0.667. The van der Waals surface area contributed by atoms with Gasteiger partial charge in [0.2, 0.25) is 5.91 Å². The number of carbonyl (C=O) groups excluding carboxylic acids is 2. The second kappa shape index (κ2) is 6.47. The van der Waals surface area contributed by atoms with E-state index in [4.69, 9.17) is 4.74 Å². The first kappa shape index (κ1) is 15.6. The topological polar surface area (TPSA) is 79.7 Å². The van der Waals surface area contributed by atoms with E-state index in [1.165, 1.54) is 7.11 Å². The predicted octanol–water partition coefficient (Wildman–Crippen LogP) is 0.905. The van der Waals surface area contributed by atoms with Crippen molar-refractivity contribution < 1.29 is 14.3 Å². The van der Waals surface area contributed by atoms with Crippen LogP contribution in [0, 0.1) is 5.92 Å². The summed E-state index contributed by atoms with van der Waals surface area (Å²) in [5, 5.41) is 6.91. The summed E-state index contributed by atoms with van der Waals surface area (Å²) in [6, 6.07) is -0.215. The van der Waals surface area contributed by atoms with Gasteiger partial charge < -0.3 is 19.9 Å². The van der Waals surface area contributed by atoms with Crippen LogP contribution in [-0.2, 0) is 11.8 Å². The molecular weight excluding hydrogens is 298 g/mol. The number of rotatable bonds is 3. The molecule has 3 rings (SSSR count). The van der Waals surface area contributed by atoms with Crippen LogP contribution in [0.4, 0.5) is 10.5 Å². The molecule has 0 aromatic carbocycles. The van der Waals surface area contributed by atoms with Crippen molar-refractivity contribution >= 4 is 17.6 Å². The first-order chi connectivity index (χ1) is 11.1. The zero-order valence-electron chi connectivity index (χ0n) is 13.6. The van der Waals surface area contributed by atoms with Crippen molar-refractivity contribution in [2.24, 2.45) is 13.0 Å². The molecule has 0 bridgehead atoms. The number of aromatic nitrogens is 2. The number of amides is 3. The lowest BCUT2D eigenvalue weighted by atomic mass is 10.1. The summed E-state index contributed by atoms with van der Waals surface area (Å²) in [6.07, 6.45) is 4.60. The Hall–Kier alpha value is -2.25. The van der Waals surface area contributed by atoms with Crippen molar-refractivity contribution in [1.29, 1.82) is 0 Å². The third-order valence-corrected chi connectivity index (χ3v) is 4.47. The molecule has 2 fully saturated rings. The highest BCUT2D eigenvalue weighted by atomic mass is 16.5. The van der Waals surface area contributed by atoms with Crippen molar-refractivity contribution in [2.75, 3.05) is 38.6 Å². The fourth-order valence-electron chi connectivity index (χ4n) is 3.24. The molecule has 2 aliphatic rings. The molecular formula is C15H23N5O3. The molecule has 1 aromatic heterocycles. The van der Waals surface area contributed by atoms with Crippen molar-refractivity contribution in [3.8, 4) is 5.88 Å². The molecule has 3 amide bonds. The third-order valence-electron chi connectivity index (χ3n) is 4.47. The minimum absolute atomic E-state index is 0.0744. The number of hydrogen-bond acceptors (Lipinski definition) is 4. The zero-order valence-corrected chi connectivity index (χ0v) is 13.6. The van der Waals surface area contributed by atoms with E-state index in [0.29, 0.717) is 24.7 Å². The number of likely N-dealkylation sites (tertiary alicyclic amines) is 2. The Morgan fingerprint density at radius 1 is 1.26 bits per heavy atom. The van der Waals surface area contributed by atoms with E-state index >= 15 is 0 Å². The predicted molar refractivity (Wildman–Crippen MR) is 84.3 cm³/mol. The Morgan fingerprint density at radius 3 is 2.70 bits per heavy atom. The van der Waals surface area contributed by atoms with E-state index in [0.717, 1.165) is 32.4 Å². The van der Waals surface area contributed by atoms with Crippen LogP contribution in [0.25, 0.3) is 0 Å². The number of aryl methyl sites for hydroxylation is 1. The Morgan fingerprint density at radius 2 is 2.00 bits per heavy atom. The van der Waals surface area contributed by atoms with Gasteiger partial charge in [0.05, 0.1) is 19.2 Å². The number of anilines is 1. The summed E-state index contributed by atoms with van der Waals surface area (Å²) < 4.78 is 6.71. The number of nitrogens with one attached hydrogen (secondary N) is 1. The van der Waals surface area contributed by atoms with E-state index in [1.807, 2.05) is 4.90 Å². The number of hydrogen-bond donors (Lipinski definition) is 1. The maximum Gasteiger partial charge on any atom is 0.322 e. The molecule has 1 N–H and O–H groups in total. The van der Waals surface area contributed by atoms with E-state index in [-0.39, 0.29) is 17.9 Å². The minimum Gasteiger partial charge on any atom is -0.478 e. The van der Waals surface area contributed by atoms with Crippen LogP contribution in [0.5, 0.6) is 5.88 Å². The molecule has 1 atom stereocenters. The van der Waals surface area contributed by atoms with Gasteiger partial charge in [0.15, 0.2) is 0 Å². The van der Waals surface area contributed by atoms with Gasteiger partial charge in [-0.05, 0) is 19.3 Å².